The second-order valence-electron chi connectivity index (χ2n) is 7.91. The molecule has 156 valence electrons. The molecule has 28 heavy (non-hydrogen) atoms. The van der Waals surface area contributed by atoms with Gasteiger partial charge in [0.05, 0.1) is 7.11 Å². The van der Waals surface area contributed by atoms with E-state index in [-0.39, 0.29) is 18.4 Å². The molecule has 0 radical (unpaired) electrons. The van der Waals surface area contributed by atoms with Gasteiger partial charge in [0, 0.05) is 19.0 Å². The average molecular weight is 392 g/mol. The molecule has 1 amide bonds. The predicted octanol–water partition coefficient (Wildman–Crippen LogP) is 1.23. The zero-order valence-electron chi connectivity index (χ0n) is 16.8. The minimum Gasteiger partial charge on any atom is -0.493 e. The quantitative estimate of drug-likeness (QED) is 0.658. The Labute approximate surface area is 167 Å². The van der Waals surface area contributed by atoms with E-state index in [2.05, 4.69) is 15.9 Å². The normalized spacial score (nSPS) is 20.2. The van der Waals surface area contributed by atoms with Gasteiger partial charge in [-0.1, -0.05) is 6.07 Å². The van der Waals surface area contributed by atoms with E-state index in [9.17, 15) is 9.90 Å². The summed E-state index contributed by atoms with van der Waals surface area (Å²) in [6.45, 7) is 5.53. The van der Waals surface area contributed by atoms with Crippen molar-refractivity contribution in [2.75, 3.05) is 46.4 Å². The first kappa shape index (κ1) is 20.9. The Kier molecular flexibility index (Phi) is 7.53. The van der Waals surface area contributed by atoms with E-state index >= 15 is 0 Å². The van der Waals surface area contributed by atoms with Crippen LogP contribution in [0.3, 0.4) is 0 Å². The lowest BCUT2D eigenvalue weighted by Crippen LogP contribution is -2.43. The lowest BCUT2D eigenvalue weighted by atomic mass is 9.96. The van der Waals surface area contributed by atoms with Gasteiger partial charge in [-0.05, 0) is 69.6 Å². The predicted molar refractivity (Wildman–Crippen MR) is 107 cm³/mol. The maximum Gasteiger partial charge on any atom is 0.220 e. The van der Waals surface area contributed by atoms with Crippen molar-refractivity contribution in [3.05, 3.63) is 23.8 Å². The number of amides is 1. The Balaban J connectivity index is 1.46. The Morgan fingerprint density at radius 3 is 2.54 bits per heavy atom. The first-order valence-corrected chi connectivity index (χ1v) is 10.3. The third kappa shape index (κ3) is 5.83. The van der Waals surface area contributed by atoms with Crippen LogP contribution < -0.4 is 15.2 Å². The van der Waals surface area contributed by atoms with Crippen LogP contribution in [0.5, 0.6) is 11.5 Å². The number of piperidine rings is 1. The summed E-state index contributed by atoms with van der Waals surface area (Å²) in [4.78, 5) is 15.8. The van der Waals surface area contributed by atoms with Gasteiger partial charge in [-0.3, -0.25) is 9.69 Å². The largest absolute Gasteiger partial charge is 0.493 e. The topological polar surface area (TPSA) is 88.3 Å². The molecule has 0 bridgehead atoms. The van der Waals surface area contributed by atoms with Crippen LogP contribution in [0, 0.1) is 5.92 Å². The zero-order chi connectivity index (χ0) is 19.9. The monoisotopic (exact) mass is 391 g/mol. The fraction of sp³-hybridized carbons (Fsp3) is 0.667. The number of hydrogen-bond donors (Lipinski definition) is 2. The van der Waals surface area contributed by atoms with Gasteiger partial charge in [0.2, 0.25) is 5.91 Å². The maximum atomic E-state index is 11.2. The molecule has 1 atom stereocenters. The van der Waals surface area contributed by atoms with E-state index in [1.165, 1.54) is 18.4 Å². The molecule has 0 saturated carbocycles. The minimum absolute atomic E-state index is 0.0343. The van der Waals surface area contributed by atoms with Crippen LogP contribution >= 0.6 is 0 Å². The average Bonchev–Trinajstić information content (AvgIpc) is 3.20. The van der Waals surface area contributed by atoms with Crippen LogP contribution in [0.1, 0.15) is 31.2 Å². The van der Waals surface area contributed by atoms with Crippen LogP contribution in [0.2, 0.25) is 0 Å². The maximum absolute atomic E-state index is 11.2. The fourth-order valence-electron chi connectivity index (χ4n) is 4.07. The van der Waals surface area contributed by atoms with E-state index < -0.39 is 6.10 Å². The molecule has 0 aromatic heterocycles. The molecule has 7 heteroatoms. The standard InChI is InChI=1S/C21H33N3O4/c1-27-20-12-16(13-23-8-2-3-9-23)4-5-19(20)28-15-18(25)14-24-10-6-17(7-11-24)21(22)26/h4-5,12,17-18,25H,2-3,6-11,13-15H2,1H3,(H2,22,26). The summed E-state index contributed by atoms with van der Waals surface area (Å²) < 4.78 is 11.3. The molecule has 2 aliphatic rings. The highest BCUT2D eigenvalue weighted by molar-refractivity contribution is 5.76. The van der Waals surface area contributed by atoms with Crippen LogP contribution in [-0.4, -0.2) is 73.4 Å². The number of nitrogens with two attached hydrogens (primary N) is 1. The van der Waals surface area contributed by atoms with E-state index in [1.807, 2.05) is 12.1 Å². The van der Waals surface area contributed by atoms with Gasteiger partial charge in [-0.2, -0.15) is 0 Å². The second-order valence-corrected chi connectivity index (χ2v) is 7.91. The first-order valence-electron chi connectivity index (χ1n) is 10.3. The summed E-state index contributed by atoms with van der Waals surface area (Å²) in [5, 5.41) is 10.3. The highest BCUT2D eigenvalue weighted by atomic mass is 16.5. The molecule has 0 spiro atoms. The van der Waals surface area contributed by atoms with E-state index in [0.717, 1.165) is 45.6 Å². The van der Waals surface area contributed by atoms with E-state index in [0.29, 0.717) is 18.0 Å². The van der Waals surface area contributed by atoms with Crippen molar-refractivity contribution >= 4 is 5.91 Å². The molecule has 2 aliphatic heterocycles. The summed E-state index contributed by atoms with van der Waals surface area (Å²) in [6, 6.07) is 6.01. The number of carbonyl (C=O) groups is 1. The number of aliphatic hydroxyl groups excluding tert-OH is 1. The summed E-state index contributed by atoms with van der Waals surface area (Å²) in [7, 11) is 1.64. The van der Waals surface area contributed by atoms with Gasteiger partial charge in [0.1, 0.15) is 12.7 Å². The molecule has 3 N–H and O–H groups in total. The molecule has 2 fully saturated rings. The van der Waals surface area contributed by atoms with E-state index in [1.54, 1.807) is 7.11 Å². The number of β-amino-alcohol motifs (C(OH)–C–C–N with tert-alkyl or cyclic N) is 1. The smallest absolute Gasteiger partial charge is 0.220 e. The van der Waals surface area contributed by atoms with Crippen molar-refractivity contribution in [3.8, 4) is 11.5 Å². The molecule has 1 unspecified atom stereocenters. The molecule has 2 saturated heterocycles. The lowest BCUT2D eigenvalue weighted by molar-refractivity contribution is -0.123. The van der Waals surface area contributed by atoms with Gasteiger partial charge in [-0.25, -0.2) is 0 Å². The van der Waals surface area contributed by atoms with Crippen molar-refractivity contribution in [2.24, 2.45) is 11.7 Å². The number of aliphatic hydroxyl groups is 1. The van der Waals surface area contributed by atoms with Crippen LogP contribution in [0.25, 0.3) is 0 Å². The van der Waals surface area contributed by atoms with Gasteiger partial charge < -0.3 is 25.2 Å². The van der Waals surface area contributed by atoms with Crippen molar-refractivity contribution in [3.63, 3.8) is 0 Å². The minimum atomic E-state index is -0.598. The van der Waals surface area contributed by atoms with Gasteiger partial charge in [0.25, 0.3) is 0 Å². The van der Waals surface area contributed by atoms with Gasteiger partial charge >= 0.3 is 0 Å². The number of hydrogen-bond acceptors (Lipinski definition) is 6. The van der Waals surface area contributed by atoms with Crippen LogP contribution in [0.4, 0.5) is 0 Å². The summed E-state index contributed by atoms with van der Waals surface area (Å²) in [5.41, 5.74) is 6.58. The number of carbonyl (C=O) groups excluding carboxylic acids is 1. The number of primary amides is 1. The number of rotatable bonds is 9. The highest BCUT2D eigenvalue weighted by Gasteiger charge is 2.24. The lowest BCUT2D eigenvalue weighted by Gasteiger charge is -2.31. The SMILES string of the molecule is COc1cc(CN2CCCC2)ccc1OCC(O)CN1CCC(C(N)=O)CC1. The number of nitrogens with zero attached hydrogens (tertiary/aromatic N) is 2. The van der Waals surface area contributed by atoms with Gasteiger partial charge in [0.15, 0.2) is 11.5 Å². The highest BCUT2D eigenvalue weighted by Crippen LogP contribution is 2.29. The molecule has 1 aromatic rings. The first-order chi connectivity index (χ1) is 13.5. The Bertz CT molecular complexity index is 641. The van der Waals surface area contributed by atoms with Crippen molar-refractivity contribution in [1.82, 2.24) is 9.80 Å². The Morgan fingerprint density at radius 2 is 1.89 bits per heavy atom. The number of likely N-dealkylation sites (tertiary alicyclic amines) is 2. The second kappa shape index (κ2) is 10.1. The number of methoxy groups -OCH3 is 1. The molecule has 2 heterocycles. The molecule has 1 aromatic carbocycles. The Hall–Kier alpha value is -1.83. The molecule has 0 aliphatic carbocycles. The van der Waals surface area contributed by atoms with Crippen molar-refractivity contribution in [1.29, 1.82) is 0 Å². The zero-order valence-corrected chi connectivity index (χ0v) is 16.8. The summed E-state index contributed by atoms with van der Waals surface area (Å²) in [6.07, 6.45) is 3.47. The number of ether oxygens (including phenoxy) is 2. The molecular weight excluding hydrogens is 358 g/mol. The molecule has 7 nitrogen and oxygen atoms in total. The summed E-state index contributed by atoms with van der Waals surface area (Å²) in [5.74, 6) is 1.10. The van der Waals surface area contributed by atoms with Crippen molar-refractivity contribution < 1.29 is 19.4 Å². The summed E-state index contributed by atoms with van der Waals surface area (Å²) >= 11 is 0. The third-order valence-electron chi connectivity index (χ3n) is 5.72. The molecule has 3 rings (SSSR count). The third-order valence-corrected chi connectivity index (χ3v) is 5.72. The number of benzene rings is 1. The van der Waals surface area contributed by atoms with Crippen molar-refractivity contribution in [2.45, 2.75) is 38.3 Å². The fourth-order valence-corrected chi connectivity index (χ4v) is 4.07. The van der Waals surface area contributed by atoms with Gasteiger partial charge in [-0.15, -0.1) is 0 Å². The van der Waals surface area contributed by atoms with Crippen LogP contribution in [-0.2, 0) is 11.3 Å². The van der Waals surface area contributed by atoms with Crippen LogP contribution in [0.15, 0.2) is 18.2 Å². The molecular formula is C21H33N3O4. The van der Waals surface area contributed by atoms with E-state index in [4.69, 9.17) is 15.2 Å². The Morgan fingerprint density at radius 1 is 1.18 bits per heavy atom.